The standard InChI is InChI=1S/C22H21N5O2S/c1-14-4-9-18(15(2)10-14)24-21(29)11-20-25-26-22(27(20)3)30-13-19(28)17-7-5-16(12-23)6-8-17/h4-10H,11,13H2,1-3H3,(H,24,29). The molecule has 3 aromatic rings. The molecule has 0 atom stereocenters. The van der Waals surface area contributed by atoms with E-state index in [4.69, 9.17) is 5.26 Å². The molecular weight excluding hydrogens is 398 g/mol. The third-order valence-electron chi connectivity index (χ3n) is 4.57. The van der Waals surface area contributed by atoms with Crippen LogP contribution >= 0.6 is 11.8 Å². The first-order valence-corrected chi connectivity index (χ1v) is 10.3. The van der Waals surface area contributed by atoms with Gasteiger partial charge in [-0.2, -0.15) is 5.26 Å². The molecule has 0 fully saturated rings. The fourth-order valence-corrected chi connectivity index (χ4v) is 3.69. The number of ketones is 1. The van der Waals surface area contributed by atoms with Gasteiger partial charge in [0.2, 0.25) is 5.91 Å². The lowest BCUT2D eigenvalue weighted by atomic mass is 10.1. The van der Waals surface area contributed by atoms with Gasteiger partial charge in [-0.3, -0.25) is 9.59 Å². The number of rotatable bonds is 7. The first-order valence-electron chi connectivity index (χ1n) is 9.29. The minimum atomic E-state index is -0.178. The van der Waals surface area contributed by atoms with Crippen LogP contribution in [0.1, 0.15) is 32.9 Å². The van der Waals surface area contributed by atoms with E-state index >= 15 is 0 Å². The van der Waals surface area contributed by atoms with E-state index in [0.717, 1.165) is 16.8 Å². The molecule has 0 aliphatic heterocycles. The van der Waals surface area contributed by atoms with Gasteiger partial charge in [0.1, 0.15) is 5.82 Å². The zero-order chi connectivity index (χ0) is 21.7. The van der Waals surface area contributed by atoms with E-state index in [9.17, 15) is 9.59 Å². The summed E-state index contributed by atoms with van der Waals surface area (Å²) in [6.07, 6.45) is 0.0843. The number of amides is 1. The highest BCUT2D eigenvalue weighted by molar-refractivity contribution is 7.99. The Hall–Kier alpha value is -3.44. The average Bonchev–Trinajstić information content (AvgIpc) is 3.07. The van der Waals surface area contributed by atoms with Crippen molar-refractivity contribution >= 4 is 29.1 Å². The Balaban J connectivity index is 1.59. The summed E-state index contributed by atoms with van der Waals surface area (Å²) in [6.45, 7) is 3.95. The molecule has 2 aromatic carbocycles. The molecule has 7 nitrogen and oxygen atoms in total. The smallest absolute Gasteiger partial charge is 0.232 e. The van der Waals surface area contributed by atoms with Crippen molar-refractivity contribution in [2.45, 2.75) is 25.4 Å². The van der Waals surface area contributed by atoms with Crippen LogP contribution in [0.2, 0.25) is 0 Å². The molecule has 0 aliphatic rings. The maximum absolute atomic E-state index is 12.4. The summed E-state index contributed by atoms with van der Waals surface area (Å²) in [6, 6.07) is 14.4. The minimum absolute atomic E-state index is 0.0679. The summed E-state index contributed by atoms with van der Waals surface area (Å²) in [5.41, 5.74) is 3.96. The lowest BCUT2D eigenvalue weighted by Gasteiger charge is -2.09. The summed E-state index contributed by atoms with van der Waals surface area (Å²) in [5, 5.41) is 20.5. The second-order valence-corrected chi connectivity index (χ2v) is 7.84. The number of nitriles is 1. The number of carbonyl (C=O) groups excluding carboxylic acids is 2. The molecule has 152 valence electrons. The van der Waals surface area contributed by atoms with Crippen molar-refractivity contribution in [1.29, 1.82) is 5.26 Å². The van der Waals surface area contributed by atoms with Crippen LogP contribution in [-0.4, -0.2) is 32.2 Å². The van der Waals surface area contributed by atoms with Gasteiger partial charge < -0.3 is 9.88 Å². The van der Waals surface area contributed by atoms with Crippen molar-refractivity contribution in [2.24, 2.45) is 7.05 Å². The molecule has 0 saturated carbocycles. The lowest BCUT2D eigenvalue weighted by molar-refractivity contribution is -0.115. The zero-order valence-corrected chi connectivity index (χ0v) is 17.8. The van der Waals surface area contributed by atoms with E-state index in [-0.39, 0.29) is 23.9 Å². The zero-order valence-electron chi connectivity index (χ0n) is 17.0. The van der Waals surface area contributed by atoms with E-state index in [2.05, 4.69) is 15.5 Å². The van der Waals surface area contributed by atoms with Gasteiger partial charge in [-0.25, -0.2) is 0 Å². The lowest BCUT2D eigenvalue weighted by Crippen LogP contribution is -2.17. The van der Waals surface area contributed by atoms with Crippen molar-refractivity contribution in [3.63, 3.8) is 0 Å². The normalized spacial score (nSPS) is 10.5. The summed E-state index contributed by atoms with van der Waals surface area (Å²) in [7, 11) is 1.77. The highest BCUT2D eigenvalue weighted by atomic mass is 32.2. The highest BCUT2D eigenvalue weighted by Crippen LogP contribution is 2.19. The number of aryl methyl sites for hydroxylation is 2. The van der Waals surface area contributed by atoms with E-state index in [1.165, 1.54) is 11.8 Å². The number of Topliss-reactive ketones (excluding diaryl/α,β-unsaturated/α-hetero) is 1. The quantitative estimate of drug-likeness (QED) is 0.465. The molecule has 0 bridgehead atoms. The highest BCUT2D eigenvalue weighted by Gasteiger charge is 2.15. The minimum Gasteiger partial charge on any atom is -0.325 e. The van der Waals surface area contributed by atoms with Crippen LogP contribution in [0.4, 0.5) is 5.69 Å². The maximum Gasteiger partial charge on any atom is 0.232 e. The number of benzene rings is 2. The summed E-state index contributed by atoms with van der Waals surface area (Å²) < 4.78 is 1.72. The van der Waals surface area contributed by atoms with Crippen molar-refractivity contribution in [1.82, 2.24) is 14.8 Å². The second-order valence-electron chi connectivity index (χ2n) is 6.90. The average molecular weight is 420 g/mol. The number of thioether (sulfide) groups is 1. The first kappa shape index (κ1) is 21.3. The maximum atomic E-state index is 12.4. The Labute approximate surface area is 179 Å². The molecule has 1 amide bonds. The van der Waals surface area contributed by atoms with E-state index in [1.807, 2.05) is 38.1 Å². The Morgan fingerprint density at radius 1 is 1.13 bits per heavy atom. The molecule has 1 N–H and O–H groups in total. The predicted molar refractivity (Wildman–Crippen MR) is 115 cm³/mol. The number of carbonyl (C=O) groups is 2. The van der Waals surface area contributed by atoms with Crippen LogP contribution in [0.3, 0.4) is 0 Å². The van der Waals surface area contributed by atoms with Gasteiger partial charge in [0.05, 0.1) is 23.8 Å². The molecule has 0 spiro atoms. The summed E-state index contributed by atoms with van der Waals surface area (Å²) in [5.74, 6) is 0.460. The first-order chi connectivity index (χ1) is 14.4. The van der Waals surface area contributed by atoms with Crippen LogP contribution in [0, 0.1) is 25.2 Å². The largest absolute Gasteiger partial charge is 0.325 e. The van der Waals surface area contributed by atoms with Crippen molar-refractivity contribution in [3.8, 4) is 6.07 Å². The Morgan fingerprint density at radius 3 is 2.53 bits per heavy atom. The number of hydrogen-bond acceptors (Lipinski definition) is 6. The number of nitrogens with one attached hydrogen (secondary N) is 1. The summed E-state index contributed by atoms with van der Waals surface area (Å²) >= 11 is 1.26. The topological polar surface area (TPSA) is 101 Å². The molecule has 3 rings (SSSR count). The molecule has 0 aliphatic carbocycles. The molecule has 1 aromatic heterocycles. The fourth-order valence-electron chi connectivity index (χ4n) is 2.86. The van der Waals surface area contributed by atoms with Gasteiger partial charge in [0.15, 0.2) is 10.9 Å². The summed E-state index contributed by atoms with van der Waals surface area (Å²) in [4.78, 5) is 24.8. The SMILES string of the molecule is Cc1ccc(NC(=O)Cc2nnc(SCC(=O)c3ccc(C#N)cc3)n2C)c(C)c1. The molecule has 0 saturated heterocycles. The number of nitrogens with zero attached hydrogens (tertiary/aromatic N) is 4. The fraction of sp³-hybridized carbons (Fsp3) is 0.227. The van der Waals surface area contributed by atoms with Gasteiger partial charge in [0, 0.05) is 18.3 Å². The van der Waals surface area contributed by atoms with E-state index < -0.39 is 0 Å². The van der Waals surface area contributed by atoms with Crippen LogP contribution < -0.4 is 5.32 Å². The Kier molecular flexibility index (Phi) is 6.65. The Bertz CT molecular complexity index is 1130. The van der Waals surface area contributed by atoms with Gasteiger partial charge in [-0.1, -0.05) is 41.6 Å². The molecule has 8 heteroatoms. The van der Waals surface area contributed by atoms with Gasteiger partial charge in [0.25, 0.3) is 0 Å². The molecule has 0 unspecified atom stereocenters. The number of hydrogen-bond donors (Lipinski definition) is 1. The van der Waals surface area contributed by atoms with Crippen LogP contribution in [0.15, 0.2) is 47.6 Å². The molecule has 30 heavy (non-hydrogen) atoms. The molecular formula is C22H21N5O2S. The van der Waals surface area contributed by atoms with Crippen molar-refractivity contribution in [2.75, 3.05) is 11.1 Å². The van der Waals surface area contributed by atoms with Crippen LogP contribution in [0.25, 0.3) is 0 Å². The van der Waals surface area contributed by atoms with Crippen molar-refractivity contribution < 1.29 is 9.59 Å². The van der Waals surface area contributed by atoms with Crippen LogP contribution in [-0.2, 0) is 18.3 Å². The van der Waals surface area contributed by atoms with Gasteiger partial charge >= 0.3 is 0 Å². The van der Waals surface area contributed by atoms with Gasteiger partial charge in [-0.05, 0) is 37.6 Å². The Morgan fingerprint density at radius 2 is 1.87 bits per heavy atom. The van der Waals surface area contributed by atoms with E-state index in [0.29, 0.717) is 22.1 Å². The number of anilines is 1. The molecule has 1 heterocycles. The van der Waals surface area contributed by atoms with Crippen molar-refractivity contribution in [3.05, 3.63) is 70.5 Å². The van der Waals surface area contributed by atoms with Gasteiger partial charge in [-0.15, -0.1) is 10.2 Å². The predicted octanol–water partition coefficient (Wildman–Crippen LogP) is 3.46. The van der Waals surface area contributed by atoms with E-state index in [1.54, 1.807) is 35.9 Å². The monoisotopic (exact) mass is 419 g/mol. The third-order valence-corrected chi connectivity index (χ3v) is 5.59. The third kappa shape index (κ3) is 5.13. The number of aromatic nitrogens is 3. The van der Waals surface area contributed by atoms with Crippen LogP contribution in [0.5, 0.6) is 0 Å². The second kappa shape index (κ2) is 9.37. The molecule has 0 radical (unpaired) electrons.